The van der Waals surface area contributed by atoms with E-state index in [0.717, 1.165) is 49.9 Å². The molecule has 1 fully saturated rings. The topological polar surface area (TPSA) is 93.5 Å². The summed E-state index contributed by atoms with van der Waals surface area (Å²) in [6.07, 6.45) is 1.56. The van der Waals surface area contributed by atoms with Crippen LogP contribution >= 0.6 is 0 Å². The van der Waals surface area contributed by atoms with Gasteiger partial charge >= 0.3 is 6.36 Å². The summed E-state index contributed by atoms with van der Waals surface area (Å²) in [6.45, 7) is 1.07. The Labute approximate surface area is 200 Å². The van der Waals surface area contributed by atoms with Gasteiger partial charge in [-0.05, 0) is 60.9 Å². The van der Waals surface area contributed by atoms with Crippen molar-refractivity contribution in [3.8, 4) is 5.75 Å². The summed E-state index contributed by atoms with van der Waals surface area (Å²) in [5, 5.41) is 1.20. The number of nitrogens with two attached hydrogens (primary N) is 1. The molecular weight excluding hydrogens is 461 g/mol. The summed E-state index contributed by atoms with van der Waals surface area (Å²) in [5.74, 6) is -0.452. The van der Waals surface area contributed by atoms with Crippen molar-refractivity contribution in [2.24, 2.45) is 0 Å². The largest absolute Gasteiger partial charge is 0.573 e. The molecule has 7 nitrogen and oxygen atoms in total. The quantitative estimate of drug-likeness (QED) is 0.525. The number of halogens is 3. The number of aromatic amines is 1. The Balaban J connectivity index is 1.31. The smallest absolute Gasteiger partial charge is 0.406 e. The van der Waals surface area contributed by atoms with Crippen molar-refractivity contribution in [1.29, 1.82) is 0 Å². The number of rotatable bonds is 4. The van der Waals surface area contributed by atoms with Gasteiger partial charge in [-0.15, -0.1) is 13.2 Å². The third kappa shape index (κ3) is 4.67. The Morgan fingerprint density at radius 1 is 1.20 bits per heavy atom. The molecule has 0 spiro atoms. The van der Waals surface area contributed by atoms with Crippen LogP contribution < -0.4 is 10.5 Å². The fraction of sp³-hybridized carbons (Fsp3) is 0.440. The first kappa shape index (κ1) is 23.5. The number of carbonyl (C=O) groups excluding carboxylic acids is 1. The number of fused-ring (bicyclic) bond motifs is 3. The maximum Gasteiger partial charge on any atom is 0.573 e. The Bertz CT molecular complexity index is 1250. The van der Waals surface area contributed by atoms with E-state index < -0.39 is 12.1 Å². The standard InChI is InChI=1S/C25H27F3N4O3/c1-34-15-2-5-19-21(13-15)31-23-22(19)17(6-9-30-23)14-7-10-32(11-8-14)24(33)18-4-3-16(12-20(18)29)35-25(26,27)28/h3-4,6,9,12,14-15H,2,5,7-8,10-11,13,29H2,1H3,(H,30,31)/t15-/m1/s1. The van der Waals surface area contributed by atoms with Crippen LogP contribution in [0, 0.1) is 0 Å². The highest BCUT2D eigenvalue weighted by Crippen LogP contribution is 2.38. The SMILES string of the molecule is CO[C@@H]1CCc2c([nH]c3nccc(C4CCN(C(=O)c5ccc(OC(F)(F)F)cc5N)CC4)c23)C1. The summed E-state index contributed by atoms with van der Waals surface area (Å²) in [7, 11) is 1.75. The van der Waals surface area contributed by atoms with E-state index in [2.05, 4.69) is 20.8 Å². The zero-order valence-electron chi connectivity index (χ0n) is 19.3. The van der Waals surface area contributed by atoms with E-state index in [-0.39, 0.29) is 29.2 Å². The Hall–Kier alpha value is -3.27. The summed E-state index contributed by atoms with van der Waals surface area (Å²) in [6, 6.07) is 5.51. The molecule has 0 unspecified atom stereocenters. The molecule has 3 heterocycles. The Kier molecular flexibility index (Phi) is 6.08. The number of pyridine rings is 1. The molecule has 2 aromatic heterocycles. The number of methoxy groups -OCH3 is 1. The van der Waals surface area contributed by atoms with Crippen molar-refractivity contribution < 1.29 is 27.4 Å². The molecule has 186 valence electrons. The molecule has 1 atom stereocenters. The van der Waals surface area contributed by atoms with Crippen LogP contribution in [0.15, 0.2) is 30.5 Å². The van der Waals surface area contributed by atoms with Gasteiger partial charge in [-0.1, -0.05) is 0 Å². The summed E-state index contributed by atoms with van der Waals surface area (Å²) >= 11 is 0. The first-order chi connectivity index (χ1) is 16.7. The third-order valence-corrected chi connectivity index (χ3v) is 7.11. The van der Waals surface area contributed by atoms with Crippen molar-refractivity contribution >= 4 is 22.6 Å². The van der Waals surface area contributed by atoms with Gasteiger partial charge in [-0.25, -0.2) is 4.98 Å². The maximum absolute atomic E-state index is 13.0. The first-order valence-corrected chi connectivity index (χ1v) is 11.7. The van der Waals surface area contributed by atoms with Crippen molar-refractivity contribution in [2.75, 3.05) is 25.9 Å². The highest BCUT2D eigenvalue weighted by atomic mass is 19.4. The number of nitrogens with one attached hydrogen (secondary N) is 1. The molecule has 5 rings (SSSR count). The molecule has 0 bridgehead atoms. The zero-order valence-corrected chi connectivity index (χ0v) is 19.3. The molecular formula is C25H27F3N4O3. The van der Waals surface area contributed by atoms with E-state index in [1.807, 2.05) is 6.20 Å². The van der Waals surface area contributed by atoms with Gasteiger partial charge in [-0.3, -0.25) is 4.79 Å². The van der Waals surface area contributed by atoms with Gasteiger partial charge < -0.3 is 25.1 Å². The van der Waals surface area contributed by atoms with E-state index in [0.29, 0.717) is 13.1 Å². The number of aryl methyl sites for hydroxylation is 1. The molecule has 0 radical (unpaired) electrons. The summed E-state index contributed by atoms with van der Waals surface area (Å²) in [4.78, 5) is 22.8. The Morgan fingerprint density at radius 3 is 2.66 bits per heavy atom. The second-order valence-corrected chi connectivity index (χ2v) is 9.17. The molecule has 3 N–H and O–H groups in total. The van der Waals surface area contributed by atoms with Gasteiger partial charge in [0.25, 0.3) is 5.91 Å². The minimum atomic E-state index is -4.82. The number of anilines is 1. The number of H-pyrrole nitrogens is 1. The first-order valence-electron chi connectivity index (χ1n) is 11.7. The van der Waals surface area contributed by atoms with Crippen molar-refractivity contribution in [2.45, 2.75) is 50.5 Å². The van der Waals surface area contributed by atoms with Crippen molar-refractivity contribution in [1.82, 2.24) is 14.9 Å². The number of benzene rings is 1. The molecule has 1 amide bonds. The average Bonchev–Trinajstić information content (AvgIpc) is 3.20. The minimum Gasteiger partial charge on any atom is -0.406 e. The van der Waals surface area contributed by atoms with Crippen LogP contribution in [-0.4, -0.2) is 53.4 Å². The number of carbonyl (C=O) groups is 1. The predicted molar refractivity (Wildman–Crippen MR) is 124 cm³/mol. The van der Waals surface area contributed by atoms with Gasteiger partial charge in [0.15, 0.2) is 0 Å². The van der Waals surface area contributed by atoms with E-state index in [9.17, 15) is 18.0 Å². The number of likely N-dealkylation sites (tertiary alicyclic amines) is 1. The second kappa shape index (κ2) is 9.07. The minimum absolute atomic E-state index is 0.0389. The van der Waals surface area contributed by atoms with Crippen molar-refractivity contribution in [3.05, 3.63) is 52.8 Å². The fourth-order valence-electron chi connectivity index (χ4n) is 5.38. The number of ether oxygens (including phenoxy) is 2. The van der Waals surface area contributed by atoms with Gasteiger partial charge in [0.05, 0.1) is 11.7 Å². The monoisotopic (exact) mass is 488 g/mol. The zero-order chi connectivity index (χ0) is 24.7. The molecule has 10 heteroatoms. The molecule has 0 saturated carbocycles. The van der Waals surface area contributed by atoms with Gasteiger partial charge in [-0.2, -0.15) is 0 Å². The molecule has 1 saturated heterocycles. The number of nitrogens with zero attached hydrogens (tertiary/aromatic N) is 2. The second-order valence-electron chi connectivity index (χ2n) is 9.17. The lowest BCUT2D eigenvalue weighted by molar-refractivity contribution is -0.274. The number of hydrogen-bond donors (Lipinski definition) is 2. The predicted octanol–water partition coefficient (Wildman–Crippen LogP) is 4.57. The fourth-order valence-corrected chi connectivity index (χ4v) is 5.38. The number of aromatic nitrogens is 2. The van der Waals surface area contributed by atoms with E-state index in [4.69, 9.17) is 10.5 Å². The number of nitrogen functional groups attached to an aromatic ring is 1. The van der Waals surface area contributed by atoms with Crippen LogP contribution in [0.5, 0.6) is 5.75 Å². The maximum atomic E-state index is 13.0. The van der Waals surface area contributed by atoms with Crippen LogP contribution in [0.1, 0.15) is 52.4 Å². The lowest BCUT2D eigenvalue weighted by atomic mass is 9.85. The van der Waals surface area contributed by atoms with E-state index in [1.165, 1.54) is 28.3 Å². The average molecular weight is 489 g/mol. The third-order valence-electron chi connectivity index (χ3n) is 7.11. The van der Waals surface area contributed by atoms with Crippen LogP contribution in [0.25, 0.3) is 11.0 Å². The summed E-state index contributed by atoms with van der Waals surface area (Å²) < 4.78 is 46.8. The highest BCUT2D eigenvalue weighted by molar-refractivity contribution is 5.99. The number of alkyl halides is 3. The Morgan fingerprint density at radius 2 is 1.97 bits per heavy atom. The highest BCUT2D eigenvalue weighted by Gasteiger charge is 2.32. The lowest BCUT2D eigenvalue weighted by Gasteiger charge is -2.33. The van der Waals surface area contributed by atoms with E-state index in [1.54, 1.807) is 12.0 Å². The number of hydrogen-bond acceptors (Lipinski definition) is 5. The van der Waals surface area contributed by atoms with Gasteiger partial charge in [0.1, 0.15) is 11.4 Å². The molecule has 1 aliphatic heterocycles. The molecule has 3 aromatic rings. The molecule has 1 aromatic carbocycles. The lowest BCUT2D eigenvalue weighted by Crippen LogP contribution is -2.38. The number of amides is 1. The van der Waals surface area contributed by atoms with Crippen LogP contribution in [-0.2, 0) is 17.6 Å². The summed E-state index contributed by atoms with van der Waals surface area (Å²) in [5.41, 5.74) is 10.7. The normalized spacial score (nSPS) is 19.1. The van der Waals surface area contributed by atoms with Crippen LogP contribution in [0.2, 0.25) is 0 Å². The van der Waals surface area contributed by atoms with Crippen LogP contribution in [0.4, 0.5) is 18.9 Å². The molecule has 1 aliphatic carbocycles. The van der Waals surface area contributed by atoms with Crippen molar-refractivity contribution in [3.63, 3.8) is 0 Å². The molecule has 2 aliphatic rings. The molecule has 35 heavy (non-hydrogen) atoms. The van der Waals surface area contributed by atoms with Gasteiger partial charge in [0, 0.05) is 55.7 Å². The van der Waals surface area contributed by atoms with Gasteiger partial charge in [0.2, 0.25) is 0 Å². The van der Waals surface area contributed by atoms with E-state index >= 15 is 0 Å². The van der Waals surface area contributed by atoms with Crippen LogP contribution in [0.3, 0.4) is 0 Å². The number of piperidine rings is 1.